The van der Waals surface area contributed by atoms with Crippen molar-refractivity contribution in [2.75, 3.05) is 5.73 Å². The highest BCUT2D eigenvalue weighted by Crippen LogP contribution is 2.20. The number of fused-ring (bicyclic) bond motifs is 2. The molecular formula is C24H20N8O2. The van der Waals surface area contributed by atoms with Gasteiger partial charge in [-0.3, -0.25) is 14.3 Å². The molecule has 34 heavy (non-hydrogen) atoms. The van der Waals surface area contributed by atoms with E-state index in [2.05, 4.69) is 37.3 Å². The lowest BCUT2D eigenvalue weighted by atomic mass is 10.0. The number of nitrogens with one attached hydrogen (secondary N) is 2. The Morgan fingerprint density at radius 2 is 2.12 bits per heavy atom. The van der Waals surface area contributed by atoms with Crippen LogP contribution in [0.1, 0.15) is 40.1 Å². The number of amides is 1. The number of carbonyl (C=O) groups is 1. The maximum Gasteiger partial charge on any atom is 0.259 e. The number of hydrogen-bond acceptors (Lipinski definition) is 6. The molecule has 0 aliphatic carbocycles. The maximum absolute atomic E-state index is 13.0. The van der Waals surface area contributed by atoms with E-state index in [-0.39, 0.29) is 16.9 Å². The zero-order valence-corrected chi connectivity index (χ0v) is 18.4. The van der Waals surface area contributed by atoms with Crippen LogP contribution in [0.5, 0.6) is 0 Å². The molecule has 4 heterocycles. The van der Waals surface area contributed by atoms with Crippen LogP contribution in [-0.4, -0.2) is 35.3 Å². The molecule has 0 aliphatic heterocycles. The van der Waals surface area contributed by atoms with Crippen LogP contribution in [-0.2, 0) is 7.05 Å². The minimum atomic E-state index is -0.507. The van der Waals surface area contributed by atoms with Gasteiger partial charge in [-0.2, -0.15) is 5.10 Å². The quantitative estimate of drug-likeness (QED) is 0.357. The Bertz CT molecular complexity index is 1680. The van der Waals surface area contributed by atoms with Gasteiger partial charge in [-0.25, -0.2) is 9.50 Å². The molecule has 1 aromatic carbocycles. The number of hydrogen-bond donors (Lipinski definition) is 3. The van der Waals surface area contributed by atoms with Gasteiger partial charge < -0.3 is 16.0 Å². The van der Waals surface area contributed by atoms with Crippen LogP contribution >= 0.6 is 0 Å². The van der Waals surface area contributed by atoms with Crippen molar-refractivity contribution in [2.45, 2.75) is 13.0 Å². The second-order valence-corrected chi connectivity index (χ2v) is 7.82. The third-order valence-corrected chi connectivity index (χ3v) is 5.40. The van der Waals surface area contributed by atoms with E-state index in [1.165, 1.54) is 4.52 Å². The van der Waals surface area contributed by atoms with Crippen molar-refractivity contribution >= 4 is 28.1 Å². The lowest BCUT2D eigenvalue weighted by Gasteiger charge is -2.15. The first-order valence-corrected chi connectivity index (χ1v) is 10.5. The fraction of sp³-hybridized carbons (Fsp3) is 0.125. The first-order chi connectivity index (χ1) is 16.4. The third kappa shape index (κ3) is 3.75. The van der Waals surface area contributed by atoms with Gasteiger partial charge >= 0.3 is 0 Å². The number of nitrogen functional groups attached to an aromatic ring is 1. The van der Waals surface area contributed by atoms with E-state index in [4.69, 9.17) is 5.73 Å². The molecule has 0 bridgehead atoms. The fourth-order valence-electron chi connectivity index (χ4n) is 3.77. The van der Waals surface area contributed by atoms with Crippen molar-refractivity contribution in [1.29, 1.82) is 0 Å². The number of aromatic nitrogens is 6. The van der Waals surface area contributed by atoms with E-state index in [9.17, 15) is 9.59 Å². The van der Waals surface area contributed by atoms with Crippen LogP contribution < -0.4 is 16.6 Å². The number of pyridine rings is 1. The van der Waals surface area contributed by atoms with Crippen LogP contribution in [0.15, 0.2) is 59.9 Å². The molecule has 4 N–H and O–H groups in total. The summed E-state index contributed by atoms with van der Waals surface area (Å²) in [7, 11) is 1.82. The van der Waals surface area contributed by atoms with E-state index in [0.29, 0.717) is 22.3 Å². The van der Waals surface area contributed by atoms with Crippen molar-refractivity contribution in [3.8, 4) is 11.8 Å². The second kappa shape index (κ2) is 8.22. The Morgan fingerprint density at radius 3 is 2.91 bits per heavy atom. The highest BCUT2D eigenvalue weighted by molar-refractivity contribution is 6.04. The summed E-state index contributed by atoms with van der Waals surface area (Å²) in [6.07, 6.45) is 6.69. The average Bonchev–Trinajstić information content (AvgIpc) is 3.38. The lowest BCUT2D eigenvalue weighted by molar-refractivity contribution is 0.0941. The monoisotopic (exact) mass is 452 g/mol. The number of aromatic amines is 1. The number of aryl methyl sites for hydroxylation is 1. The average molecular weight is 452 g/mol. The summed E-state index contributed by atoms with van der Waals surface area (Å²) < 4.78 is 3.11. The predicted molar refractivity (Wildman–Crippen MR) is 127 cm³/mol. The van der Waals surface area contributed by atoms with E-state index >= 15 is 0 Å². The molecule has 0 aliphatic rings. The van der Waals surface area contributed by atoms with E-state index in [1.807, 2.05) is 25.2 Å². The Hall–Kier alpha value is -4.91. The Labute approximate surface area is 193 Å². The number of carbonyl (C=O) groups excluding carboxylic acids is 1. The smallest absolute Gasteiger partial charge is 0.259 e. The molecule has 4 aromatic heterocycles. The van der Waals surface area contributed by atoms with Crippen molar-refractivity contribution in [1.82, 2.24) is 34.7 Å². The molecule has 0 unspecified atom stereocenters. The topological polar surface area (TPSA) is 136 Å². The molecule has 5 rings (SSSR count). The van der Waals surface area contributed by atoms with Gasteiger partial charge in [0.25, 0.3) is 11.5 Å². The normalized spacial score (nSPS) is 11.8. The minimum absolute atomic E-state index is 0.0761. The molecule has 0 saturated carbocycles. The lowest BCUT2D eigenvalue weighted by Crippen LogP contribution is -2.29. The number of anilines is 1. The Kier molecular flexibility index (Phi) is 5.07. The van der Waals surface area contributed by atoms with Crippen LogP contribution in [0.2, 0.25) is 0 Å². The number of nitrogens with two attached hydrogens (primary N) is 1. The van der Waals surface area contributed by atoms with Gasteiger partial charge in [0, 0.05) is 36.9 Å². The molecule has 1 atom stereocenters. The summed E-state index contributed by atoms with van der Waals surface area (Å²) >= 11 is 0. The van der Waals surface area contributed by atoms with Gasteiger partial charge in [0.2, 0.25) is 0 Å². The number of rotatable bonds is 3. The van der Waals surface area contributed by atoms with Gasteiger partial charge in [0.05, 0.1) is 23.2 Å². The molecular weight excluding hydrogens is 432 g/mol. The van der Waals surface area contributed by atoms with Gasteiger partial charge in [0.1, 0.15) is 5.56 Å². The highest BCUT2D eigenvalue weighted by Gasteiger charge is 2.21. The van der Waals surface area contributed by atoms with Crippen molar-refractivity contribution in [2.24, 2.45) is 7.05 Å². The maximum atomic E-state index is 13.0. The summed E-state index contributed by atoms with van der Waals surface area (Å²) in [6, 6.07) is 8.49. The van der Waals surface area contributed by atoms with Crippen LogP contribution in [0.3, 0.4) is 0 Å². The Balaban J connectivity index is 1.46. The zero-order valence-electron chi connectivity index (χ0n) is 18.4. The minimum Gasteiger partial charge on any atom is -0.381 e. The third-order valence-electron chi connectivity index (χ3n) is 5.40. The van der Waals surface area contributed by atoms with Crippen molar-refractivity contribution in [3.63, 3.8) is 0 Å². The van der Waals surface area contributed by atoms with Crippen LogP contribution in [0, 0.1) is 11.8 Å². The van der Waals surface area contributed by atoms with Crippen LogP contribution in [0.4, 0.5) is 5.82 Å². The van der Waals surface area contributed by atoms with E-state index in [0.717, 1.165) is 10.9 Å². The summed E-state index contributed by atoms with van der Waals surface area (Å²) in [5, 5.41) is 12.3. The molecule has 0 spiro atoms. The molecule has 5 aromatic rings. The summed E-state index contributed by atoms with van der Waals surface area (Å²) in [5.74, 6) is 5.73. The van der Waals surface area contributed by atoms with E-state index < -0.39 is 11.9 Å². The molecule has 0 radical (unpaired) electrons. The first kappa shape index (κ1) is 21.0. The highest BCUT2D eigenvalue weighted by atomic mass is 16.2. The van der Waals surface area contributed by atoms with Crippen molar-refractivity contribution < 1.29 is 4.79 Å². The van der Waals surface area contributed by atoms with Gasteiger partial charge in [-0.05, 0) is 30.5 Å². The van der Waals surface area contributed by atoms with Crippen LogP contribution in [0.25, 0.3) is 16.4 Å². The standard InChI is InChI=1S/C24H20N8O2/c1-14(28-24(34)20-21(25)30-32-10-4-9-26-22(20)32)18-11-17-6-3-5-16(19(17)23(33)29-18)8-7-15-12-27-31(2)13-15/h3-6,9-14H,1-2H3,(H2,25,30)(H,28,34)(H,29,33)/t14-/m1/s1. The first-order valence-electron chi connectivity index (χ1n) is 10.5. The SMILES string of the molecule is C[C@@H](NC(=O)c1c(N)nn2cccnc12)c1cc2cccc(C#Cc3cnn(C)c3)c2c(=O)[nH]1. The number of benzene rings is 1. The molecule has 168 valence electrons. The number of H-pyrrole nitrogens is 1. The molecule has 0 fully saturated rings. The fourth-order valence-corrected chi connectivity index (χ4v) is 3.77. The summed E-state index contributed by atoms with van der Waals surface area (Å²) in [5.41, 5.74) is 8.11. The molecule has 10 nitrogen and oxygen atoms in total. The largest absolute Gasteiger partial charge is 0.381 e. The van der Waals surface area contributed by atoms with Crippen molar-refractivity contribution in [3.05, 3.63) is 87.9 Å². The predicted octanol–water partition coefficient (Wildman–Crippen LogP) is 1.78. The molecule has 0 saturated heterocycles. The zero-order chi connectivity index (χ0) is 23.8. The molecule has 10 heteroatoms. The van der Waals surface area contributed by atoms with Gasteiger partial charge in [-0.1, -0.05) is 24.0 Å². The van der Waals surface area contributed by atoms with E-state index in [1.54, 1.807) is 48.5 Å². The Morgan fingerprint density at radius 1 is 1.26 bits per heavy atom. The number of nitrogens with zero attached hydrogens (tertiary/aromatic N) is 5. The summed E-state index contributed by atoms with van der Waals surface area (Å²) in [4.78, 5) is 33.0. The second-order valence-electron chi connectivity index (χ2n) is 7.82. The van der Waals surface area contributed by atoms with Gasteiger partial charge in [-0.15, -0.1) is 5.10 Å². The van der Waals surface area contributed by atoms with Gasteiger partial charge in [0.15, 0.2) is 11.5 Å². The summed E-state index contributed by atoms with van der Waals surface area (Å²) in [6.45, 7) is 1.77. The molecule has 1 amide bonds.